The Morgan fingerprint density at radius 2 is 1.54 bits per heavy atom. The molecule has 0 spiro atoms. The highest BCUT2D eigenvalue weighted by molar-refractivity contribution is 7.19. The summed E-state index contributed by atoms with van der Waals surface area (Å²) < 4.78 is 37.6. The number of nitrogens with zero attached hydrogens (tertiary/aromatic N) is 1. The molecule has 5 nitrogen and oxygen atoms in total. The first-order valence-corrected chi connectivity index (χ1v) is 10.1. The maximum absolute atomic E-state index is 8.49. The minimum absolute atomic E-state index is 0.829. The highest BCUT2D eigenvalue weighted by atomic mass is 35.7. The van der Waals surface area contributed by atoms with Gasteiger partial charge in [0.15, 0.2) is 0 Å². The average Bonchev–Trinajstić information content (AvgIpc) is 2.92. The molecule has 8 heteroatoms. The van der Waals surface area contributed by atoms with Crippen molar-refractivity contribution in [2.45, 2.75) is 20.4 Å². The van der Waals surface area contributed by atoms with Gasteiger partial charge < -0.3 is 0 Å². The van der Waals surface area contributed by atoms with E-state index in [9.17, 15) is 0 Å². The SMILES string of the molecule is CC[n+]1c(C(=C(C)Cl)c2ccccc2)sc2ccccc21.[O-][Cl+3]([O-])([O-])[O-]. The molecule has 0 fully saturated rings. The van der Waals surface area contributed by atoms with E-state index in [-0.39, 0.29) is 0 Å². The first kappa shape index (κ1) is 20.8. The van der Waals surface area contributed by atoms with Crippen LogP contribution < -0.4 is 23.2 Å². The van der Waals surface area contributed by atoms with Gasteiger partial charge in [0.2, 0.25) is 5.52 Å². The fraction of sp³-hybridized carbons (Fsp3) is 0.167. The van der Waals surface area contributed by atoms with Crippen molar-refractivity contribution in [2.75, 3.05) is 0 Å². The van der Waals surface area contributed by atoms with Crippen molar-refractivity contribution in [1.29, 1.82) is 0 Å². The van der Waals surface area contributed by atoms with Crippen LogP contribution in [-0.4, -0.2) is 0 Å². The molecular weight excluding hydrogens is 397 g/mol. The van der Waals surface area contributed by atoms with Crippen LogP contribution in [0.5, 0.6) is 0 Å². The van der Waals surface area contributed by atoms with Crippen molar-refractivity contribution in [3.8, 4) is 0 Å². The van der Waals surface area contributed by atoms with E-state index < -0.39 is 10.2 Å². The van der Waals surface area contributed by atoms with Crippen molar-refractivity contribution in [3.05, 3.63) is 70.2 Å². The fourth-order valence-corrected chi connectivity index (χ4v) is 4.21. The van der Waals surface area contributed by atoms with Gasteiger partial charge in [-0.1, -0.05) is 65.4 Å². The normalized spacial score (nSPS) is 12.4. The molecule has 0 aliphatic carbocycles. The number of aryl methyl sites for hydroxylation is 1. The van der Waals surface area contributed by atoms with Gasteiger partial charge in [-0.3, -0.25) is 0 Å². The van der Waals surface area contributed by atoms with E-state index in [1.54, 1.807) is 11.3 Å². The molecule has 0 atom stereocenters. The molecule has 2 aromatic carbocycles. The van der Waals surface area contributed by atoms with E-state index in [4.69, 9.17) is 30.2 Å². The van der Waals surface area contributed by atoms with Gasteiger partial charge in [-0.25, -0.2) is 18.6 Å². The van der Waals surface area contributed by atoms with Gasteiger partial charge >= 0.3 is 0 Å². The molecule has 1 aromatic heterocycles. The van der Waals surface area contributed by atoms with Crippen LogP contribution in [0.1, 0.15) is 24.4 Å². The number of thiazole rings is 1. The zero-order valence-corrected chi connectivity index (χ0v) is 16.5. The van der Waals surface area contributed by atoms with Gasteiger partial charge in [0, 0.05) is 11.1 Å². The average molecular weight is 414 g/mol. The van der Waals surface area contributed by atoms with Crippen molar-refractivity contribution < 1.29 is 33.4 Å². The number of halogens is 2. The Labute approximate surface area is 162 Å². The van der Waals surface area contributed by atoms with Crippen LogP contribution in [-0.2, 0) is 6.54 Å². The minimum atomic E-state index is -4.94. The molecule has 0 saturated heterocycles. The van der Waals surface area contributed by atoms with E-state index in [0.717, 1.165) is 17.2 Å². The highest BCUT2D eigenvalue weighted by Gasteiger charge is 2.24. The summed E-state index contributed by atoms with van der Waals surface area (Å²) in [6, 6.07) is 18.9. The Balaban J connectivity index is 0.000000431. The van der Waals surface area contributed by atoms with Gasteiger partial charge in [0.1, 0.15) is 11.2 Å². The summed E-state index contributed by atoms with van der Waals surface area (Å²) in [5, 5.41) is 2.05. The molecule has 0 unspecified atom stereocenters. The van der Waals surface area contributed by atoms with Crippen LogP contribution in [0.25, 0.3) is 15.8 Å². The summed E-state index contributed by atoms with van der Waals surface area (Å²) in [6.45, 7) is 5.07. The fourth-order valence-electron chi connectivity index (χ4n) is 2.61. The molecule has 0 saturated carbocycles. The first-order chi connectivity index (χ1) is 12.2. The summed E-state index contributed by atoms with van der Waals surface area (Å²) in [7, 11) is -4.94. The maximum atomic E-state index is 8.49. The summed E-state index contributed by atoms with van der Waals surface area (Å²) in [5.41, 5.74) is 3.56. The number of hydrogen-bond acceptors (Lipinski definition) is 5. The number of allylic oxidation sites excluding steroid dienone is 1. The molecule has 138 valence electrons. The topological polar surface area (TPSA) is 96.1 Å². The minimum Gasteiger partial charge on any atom is -0.222 e. The van der Waals surface area contributed by atoms with Crippen molar-refractivity contribution in [2.24, 2.45) is 0 Å². The second-order valence-corrected chi connectivity index (χ2v) is 7.63. The van der Waals surface area contributed by atoms with Crippen LogP contribution >= 0.6 is 22.9 Å². The lowest BCUT2D eigenvalue weighted by molar-refractivity contribution is -2.00. The molecule has 26 heavy (non-hydrogen) atoms. The van der Waals surface area contributed by atoms with Crippen LogP contribution in [0.2, 0.25) is 0 Å². The molecule has 3 aromatic rings. The quantitative estimate of drug-likeness (QED) is 0.582. The standard InChI is InChI=1S/C18H17ClNS.ClHO4/c1-3-20-15-11-7-8-12-16(15)21-18(20)17(13(2)19)14-9-5-4-6-10-14;2-1(3,4)5/h4-12H,3H2,1-2H3;(H,2,3,4,5)/q+1;/p-1. The van der Waals surface area contributed by atoms with Gasteiger partial charge in [-0.2, -0.15) is 4.57 Å². The van der Waals surface area contributed by atoms with Gasteiger partial charge in [0.05, 0.1) is 5.57 Å². The van der Waals surface area contributed by atoms with E-state index >= 15 is 0 Å². The maximum Gasteiger partial charge on any atom is 0.271 e. The third-order valence-corrected chi connectivity index (χ3v) is 4.92. The second kappa shape index (κ2) is 8.92. The molecule has 0 aliphatic rings. The Bertz CT molecular complexity index is 894. The Morgan fingerprint density at radius 1 is 1.00 bits per heavy atom. The molecule has 0 radical (unpaired) electrons. The van der Waals surface area contributed by atoms with E-state index in [0.29, 0.717) is 0 Å². The highest BCUT2D eigenvalue weighted by Crippen LogP contribution is 2.33. The van der Waals surface area contributed by atoms with E-state index in [1.165, 1.54) is 20.8 Å². The smallest absolute Gasteiger partial charge is 0.222 e. The summed E-state index contributed by atoms with van der Waals surface area (Å²) in [5.74, 6) is 0. The van der Waals surface area contributed by atoms with E-state index in [1.807, 2.05) is 13.0 Å². The zero-order valence-electron chi connectivity index (χ0n) is 14.1. The monoisotopic (exact) mass is 413 g/mol. The first-order valence-electron chi connectivity index (χ1n) is 7.67. The van der Waals surface area contributed by atoms with Crippen molar-refractivity contribution in [3.63, 3.8) is 0 Å². The molecule has 0 N–H and O–H groups in total. The van der Waals surface area contributed by atoms with Gasteiger partial charge in [-0.05, 0) is 25.5 Å². The van der Waals surface area contributed by atoms with E-state index in [2.05, 4.69) is 60.0 Å². The van der Waals surface area contributed by atoms with Crippen LogP contribution in [0.15, 0.2) is 59.6 Å². The molecule has 0 amide bonds. The number of hydrogen-bond donors (Lipinski definition) is 0. The molecule has 0 bridgehead atoms. The number of aromatic nitrogens is 1. The summed E-state index contributed by atoms with van der Waals surface area (Å²) >= 11 is 8.24. The second-order valence-electron chi connectivity index (χ2n) is 5.27. The predicted octanol–water partition coefficient (Wildman–Crippen LogP) is 0.471. The Kier molecular flexibility index (Phi) is 7.14. The van der Waals surface area contributed by atoms with Crippen molar-refractivity contribution >= 4 is 38.7 Å². The molecule has 1 heterocycles. The van der Waals surface area contributed by atoms with Crippen LogP contribution in [0.3, 0.4) is 0 Å². The molecule has 0 aliphatic heterocycles. The van der Waals surface area contributed by atoms with Gasteiger partial charge in [0.25, 0.3) is 5.01 Å². The Hall–Kier alpha value is -1.51. The summed E-state index contributed by atoms with van der Waals surface area (Å²) in [4.78, 5) is 0. The molecule has 3 rings (SSSR count). The number of benzene rings is 2. The largest absolute Gasteiger partial charge is 0.271 e. The number of fused-ring (bicyclic) bond motifs is 1. The lowest BCUT2D eigenvalue weighted by Gasteiger charge is -2.17. The third-order valence-electron chi connectivity index (χ3n) is 3.54. The lowest BCUT2D eigenvalue weighted by Crippen LogP contribution is -2.68. The van der Waals surface area contributed by atoms with Crippen LogP contribution in [0.4, 0.5) is 0 Å². The number of para-hydroxylation sites is 1. The molecular formula is C18H17Cl2NO4S. The van der Waals surface area contributed by atoms with Crippen LogP contribution in [0, 0.1) is 10.2 Å². The Morgan fingerprint density at radius 3 is 2.08 bits per heavy atom. The lowest BCUT2D eigenvalue weighted by atomic mass is 10.1. The summed E-state index contributed by atoms with van der Waals surface area (Å²) in [6.07, 6.45) is 0. The van der Waals surface area contributed by atoms with Crippen molar-refractivity contribution in [1.82, 2.24) is 0 Å². The number of rotatable bonds is 3. The zero-order chi connectivity index (χ0) is 19.3. The van der Waals surface area contributed by atoms with Gasteiger partial charge in [-0.15, -0.1) is 10.2 Å². The third kappa shape index (κ3) is 5.49. The predicted molar refractivity (Wildman–Crippen MR) is 91.7 cm³/mol.